The van der Waals surface area contributed by atoms with Crippen LogP contribution in [0.2, 0.25) is 0 Å². The first-order valence-electron chi connectivity index (χ1n) is 6.15. The normalized spacial score (nSPS) is 11.3. The van der Waals surface area contributed by atoms with Crippen molar-refractivity contribution in [3.8, 4) is 0 Å². The molecular weight excluding hydrogens is 318 g/mol. The summed E-state index contributed by atoms with van der Waals surface area (Å²) in [5.74, 6) is -0.744. The Hall–Kier alpha value is -1.61. The number of carbonyl (C=O) groups is 2. The zero-order valence-corrected chi connectivity index (χ0v) is 13.8. The molecule has 0 bridgehead atoms. The van der Waals surface area contributed by atoms with Crippen LogP contribution in [0.3, 0.4) is 0 Å². The Labute approximate surface area is 127 Å². The molecule has 0 fully saturated rings. The van der Waals surface area contributed by atoms with E-state index in [0.717, 1.165) is 18.4 Å². The molecule has 1 heterocycles. The number of ether oxygens (including phenoxy) is 2. The Kier molecular flexibility index (Phi) is 5.73. The molecule has 0 aliphatic rings. The molecule has 1 N–H and O–H groups in total. The number of esters is 1. The van der Waals surface area contributed by atoms with E-state index in [1.807, 2.05) is 0 Å². The molecule has 118 valence electrons. The molecule has 0 unspecified atom stereocenters. The zero-order chi connectivity index (χ0) is 16.2. The van der Waals surface area contributed by atoms with Crippen LogP contribution in [0, 0.1) is 0 Å². The van der Waals surface area contributed by atoms with Gasteiger partial charge in [-0.1, -0.05) is 6.92 Å². The van der Waals surface area contributed by atoms with Gasteiger partial charge in [0, 0.05) is 10.3 Å². The average molecular weight is 335 g/mol. The number of nitrogens with one attached hydrogen (secondary N) is 1. The van der Waals surface area contributed by atoms with Crippen molar-refractivity contribution in [1.29, 1.82) is 0 Å². The highest BCUT2D eigenvalue weighted by Gasteiger charge is 2.30. The van der Waals surface area contributed by atoms with Crippen molar-refractivity contribution in [1.82, 2.24) is 4.72 Å². The maximum absolute atomic E-state index is 12.2. The first-order valence-corrected chi connectivity index (χ1v) is 8.51. The molecular formula is C12H17NO6S2. The van der Waals surface area contributed by atoms with E-state index < -0.39 is 22.1 Å². The van der Waals surface area contributed by atoms with Crippen molar-refractivity contribution in [3.05, 3.63) is 15.8 Å². The summed E-state index contributed by atoms with van der Waals surface area (Å²) in [5, 5.41) is 1.41. The molecule has 0 aromatic carbocycles. The second kappa shape index (κ2) is 6.90. The highest BCUT2D eigenvalue weighted by molar-refractivity contribution is 7.90. The van der Waals surface area contributed by atoms with Gasteiger partial charge in [0.05, 0.1) is 18.8 Å². The lowest BCUT2D eigenvalue weighted by Gasteiger charge is -2.10. The summed E-state index contributed by atoms with van der Waals surface area (Å²) in [4.78, 5) is 23.4. The summed E-state index contributed by atoms with van der Waals surface area (Å²) in [6.45, 7) is 5.07. The summed E-state index contributed by atoms with van der Waals surface area (Å²) in [6.07, 6.45) is -1.10. The number of amides is 1. The minimum absolute atomic E-state index is 0.0815. The molecule has 0 radical (unpaired) electrons. The predicted octanol–water partition coefficient (Wildman–Crippen LogP) is 1.92. The highest BCUT2D eigenvalue weighted by atomic mass is 32.2. The van der Waals surface area contributed by atoms with Gasteiger partial charge in [-0.15, -0.1) is 11.3 Å². The lowest BCUT2D eigenvalue weighted by Crippen LogP contribution is -2.31. The fourth-order valence-corrected chi connectivity index (χ4v) is 4.23. The van der Waals surface area contributed by atoms with Crippen molar-refractivity contribution in [2.75, 3.05) is 7.11 Å². The van der Waals surface area contributed by atoms with Crippen molar-refractivity contribution in [3.63, 3.8) is 0 Å². The van der Waals surface area contributed by atoms with Gasteiger partial charge in [-0.2, -0.15) is 0 Å². The molecule has 0 aliphatic heterocycles. The fraction of sp³-hybridized carbons (Fsp3) is 0.500. The van der Waals surface area contributed by atoms with Gasteiger partial charge in [-0.25, -0.2) is 22.7 Å². The molecule has 1 aromatic heterocycles. The number of rotatable bonds is 5. The molecule has 21 heavy (non-hydrogen) atoms. The van der Waals surface area contributed by atoms with Crippen molar-refractivity contribution < 1.29 is 27.5 Å². The van der Waals surface area contributed by atoms with Crippen LogP contribution in [-0.4, -0.2) is 33.7 Å². The summed E-state index contributed by atoms with van der Waals surface area (Å²) in [5.41, 5.74) is -0.0815. The Morgan fingerprint density at radius 1 is 1.38 bits per heavy atom. The van der Waals surface area contributed by atoms with E-state index in [-0.39, 0.29) is 16.6 Å². The SMILES string of the molecule is CCc1scc(C(=O)OC(C)C)c1S(=O)(=O)NC(=O)OC. The van der Waals surface area contributed by atoms with E-state index in [2.05, 4.69) is 4.74 Å². The van der Waals surface area contributed by atoms with Gasteiger partial charge in [0.25, 0.3) is 10.0 Å². The lowest BCUT2D eigenvalue weighted by molar-refractivity contribution is 0.0373. The summed E-state index contributed by atoms with van der Waals surface area (Å²) in [7, 11) is -3.15. The van der Waals surface area contributed by atoms with E-state index >= 15 is 0 Å². The molecule has 0 aliphatic carbocycles. The fourth-order valence-electron chi connectivity index (χ4n) is 1.55. The topological polar surface area (TPSA) is 98.8 Å². The number of carbonyl (C=O) groups excluding carboxylic acids is 2. The predicted molar refractivity (Wildman–Crippen MR) is 77.0 cm³/mol. The minimum atomic E-state index is -4.20. The van der Waals surface area contributed by atoms with Gasteiger partial charge in [0.2, 0.25) is 0 Å². The first-order chi connectivity index (χ1) is 9.72. The van der Waals surface area contributed by atoms with Gasteiger partial charge in [0.1, 0.15) is 4.90 Å². The molecule has 0 atom stereocenters. The molecule has 1 amide bonds. The maximum atomic E-state index is 12.2. The summed E-state index contributed by atoms with van der Waals surface area (Å²) >= 11 is 1.12. The Balaban J connectivity index is 3.30. The standard InChI is InChI=1S/C12H17NO6S2/c1-5-9-10(21(16,17)13-12(15)18-4)8(6-20-9)11(14)19-7(2)3/h6-7H,5H2,1-4H3,(H,13,15). The Morgan fingerprint density at radius 3 is 2.48 bits per heavy atom. The van der Waals surface area contributed by atoms with Gasteiger partial charge in [0.15, 0.2) is 0 Å². The second-order valence-corrected chi connectivity index (χ2v) is 6.89. The van der Waals surface area contributed by atoms with Crippen molar-refractivity contribution in [2.45, 2.75) is 38.2 Å². The molecule has 0 saturated carbocycles. The largest absolute Gasteiger partial charge is 0.459 e. The van der Waals surface area contributed by atoms with Crippen LogP contribution >= 0.6 is 11.3 Å². The van der Waals surface area contributed by atoms with E-state index in [1.54, 1.807) is 25.5 Å². The van der Waals surface area contributed by atoms with Crippen molar-refractivity contribution >= 4 is 33.4 Å². The van der Waals surface area contributed by atoms with Crippen LogP contribution in [0.1, 0.15) is 36.0 Å². The van der Waals surface area contributed by atoms with E-state index in [4.69, 9.17) is 4.74 Å². The van der Waals surface area contributed by atoms with Crippen LogP contribution in [0.5, 0.6) is 0 Å². The molecule has 7 nitrogen and oxygen atoms in total. The number of hydrogen-bond donors (Lipinski definition) is 1. The Bertz CT molecular complexity index is 632. The quantitative estimate of drug-likeness (QED) is 0.825. The summed E-state index contributed by atoms with van der Waals surface area (Å²) in [6, 6.07) is 0. The van der Waals surface area contributed by atoms with Crippen LogP contribution in [0.15, 0.2) is 10.3 Å². The molecule has 1 aromatic rings. The smallest absolute Gasteiger partial charge is 0.420 e. The van der Waals surface area contributed by atoms with E-state index in [0.29, 0.717) is 11.3 Å². The zero-order valence-electron chi connectivity index (χ0n) is 12.1. The monoisotopic (exact) mass is 335 g/mol. The molecule has 1 rings (SSSR count). The van der Waals surface area contributed by atoms with Gasteiger partial charge in [-0.05, 0) is 20.3 Å². The van der Waals surface area contributed by atoms with Crippen LogP contribution in [0.25, 0.3) is 0 Å². The van der Waals surface area contributed by atoms with Crippen LogP contribution < -0.4 is 4.72 Å². The van der Waals surface area contributed by atoms with Gasteiger partial charge in [-0.3, -0.25) is 0 Å². The van der Waals surface area contributed by atoms with Gasteiger partial charge >= 0.3 is 12.1 Å². The Morgan fingerprint density at radius 2 is 2.00 bits per heavy atom. The molecule has 0 saturated heterocycles. The van der Waals surface area contributed by atoms with E-state index in [9.17, 15) is 18.0 Å². The third kappa shape index (κ3) is 4.18. The van der Waals surface area contributed by atoms with E-state index in [1.165, 1.54) is 5.38 Å². The highest BCUT2D eigenvalue weighted by Crippen LogP contribution is 2.28. The van der Waals surface area contributed by atoms with Gasteiger partial charge < -0.3 is 9.47 Å². The number of aryl methyl sites for hydroxylation is 1. The van der Waals surface area contributed by atoms with Crippen molar-refractivity contribution in [2.24, 2.45) is 0 Å². The average Bonchev–Trinajstić information content (AvgIpc) is 2.81. The minimum Gasteiger partial charge on any atom is -0.459 e. The summed E-state index contributed by atoms with van der Waals surface area (Å²) < 4.78 is 35.5. The number of hydrogen-bond acceptors (Lipinski definition) is 7. The van der Waals surface area contributed by atoms with Crippen LogP contribution in [-0.2, 0) is 25.9 Å². The maximum Gasteiger partial charge on any atom is 0.420 e. The third-order valence-corrected chi connectivity index (χ3v) is 5.07. The molecule has 0 spiro atoms. The number of sulfonamides is 1. The second-order valence-electron chi connectivity index (χ2n) is 4.31. The molecule has 9 heteroatoms. The van der Waals surface area contributed by atoms with Crippen LogP contribution in [0.4, 0.5) is 4.79 Å². The first kappa shape index (κ1) is 17.4. The third-order valence-electron chi connectivity index (χ3n) is 2.37. The number of thiophene rings is 1. The number of methoxy groups -OCH3 is 1. The lowest BCUT2D eigenvalue weighted by atomic mass is 10.3.